The summed E-state index contributed by atoms with van der Waals surface area (Å²) < 4.78 is 10.7. The number of hydrogen-bond acceptors (Lipinski definition) is 6. The van der Waals surface area contributed by atoms with E-state index in [1.807, 2.05) is 6.07 Å². The van der Waals surface area contributed by atoms with Gasteiger partial charge in [-0.2, -0.15) is 0 Å². The fourth-order valence-corrected chi connectivity index (χ4v) is 5.10. The van der Waals surface area contributed by atoms with E-state index in [4.69, 9.17) is 9.47 Å². The maximum absolute atomic E-state index is 13.2. The van der Waals surface area contributed by atoms with E-state index in [1.54, 1.807) is 29.2 Å². The molecule has 2 N–H and O–H groups in total. The molecular weight excluding hydrogens is 410 g/mol. The van der Waals surface area contributed by atoms with Gasteiger partial charge in [0.05, 0.1) is 25.3 Å². The van der Waals surface area contributed by atoms with Crippen LogP contribution in [0, 0.1) is 0 Å². The normalized spacial score (nSPS) is 22.3. The number of benzene rings is 2. The van der Waals surface area contributed by atoms with E-state index in [9.17, 15) is 19.8 Å². The molecular formula is C25H25NO6. The van der Waals surface area contributed by atoms with Crippen molar-refractivity contribution in [1.29, 1.82) is 0 Å². The van der Waals surface area contributed by atoms with Gasteiger partial charge in [-0.1, -0.05) is 18.9 Å². The minimum absolute atomic E-state index is 0.0466. The molecule has 166 valence electrons. The zero-order chi connectivity index (χ0) is 22.4. The Bertz CT molecular complexity index is 1130. The minimum atomic E-state index is -0.778. The SMILES string of the molecule is COc1ccc(C2/C(=C(/O)c3ccc4c(c3)CCO4)C(=O)C(=O)N2C2CCCC2)cc1O. The summed E-state index contributed by atoms with van der Waals surface area (Å²) in [5.74, 6) is -0.542. The predicted molar refractivity (Wildman–Crippen MR) is 117 cm³/mol. The first-order valence-electron chi connectivity index (χ1n) is 10.9. The first kappa shape index (κ1) is 20.4. The number of aliphatic hydroxyl groups is 1. The van der Waals surface area contributed by atoms with Gasteiger partial charge in [0.1, 0.15) is 11.5 Å². The van der Waals surface area contributed by atoms with Gasteiger partial charge in [0, 0.05) is 18.0 Å². The third-order valence-electron chi connectivity index (χ3n) is 6.68. The molecule has 2 fully saturated rings. The van der Waals surface area contributed by atoms with E-state index in [1.165, 1.54) is 13.2 Å². The highest BCUT2D eigenvalue weighted by molar-refractivity contribution is 6.46. The van der Waals surface area contributed by atoms with Gasteiger partial charge < -0.3 is 24.6 Å². The highest BCUT2D eigenvalue weighted by atomic mass is 16.5. The molecule has 2 aromatic carbocycles. The molecule has 0 radical (unpaired) electrons. The van der Waals surface area contributed by atoms with Crippen LogP contribution in [0.15, 0.2) is 42.0 Å². The van der Waals surface area contributed by atoms with Gasteiger partial charge in [-0.25, -0.2) is 0 Å². The van der Waals surface area contributed by atoms with Crippen LogP contribution in [0.4, 0.5) is 0 Å². The van der Waals surface area contributed by atoms with Crippen LogP contribution in [0.5, 0.6) is 17.2 Å². The highest BCUT2D eigenvalue weighted by Gasteiger charge is 2.49. The summed E-state index contributed by atoms with van der Waals surface area (Å²) in [4.78, 5) is 27.9. The lowest BCUT2D eigenvalue weighted by molar-refractivity contribution is -0.141. The summed E-state index contributed by atoms with van der Waals surface area (Å²) >= 11 is 0. The lowest BCUT2D eigenvalue weighted by Gasteiger charge is -2.31. The zero-order valence-corrected chi connectivity index (χ0v) is 17.8. The van der Waals surface area contributed by atoms with Crippen LogP contribution in [0.3, 0.4) is 0 Å². The minimum Gasteiger partial charge on any atom is -0.507 e. The van der Waals surface area contributed by atoms with E-state index < -0.39 is 17.7 Å². The van der Waals surface area contributed by atoms with Crippen LogP contribution in [0.1, 0.15) is 48.4 Å². The van der Waals surface area contributed by atoms with Crippen molar-refractivity contribution < 1.29 is 29.3 Å². The number of phenolic OH excluding ortho intramolecular Hbond substituents is 1. The molecule has 2 aliphatic heterocycles. The van der Waals surface area contributed by atoms with Crippen LogP contribution < -0.4 is 9.47 Å². The topological polar surface area (TPSA) is 96.3 Å². The summed E-state index contributed by atoms with van der Waals surface area (Å²) in [5.41, 5.74) is 2.03. The number of carbonyl (C=O) groups excluding carboxylic acids is 2. The van der Waals surface area contributed by atoms with E-state index in [2.05, 4.69) is 0 Å². The maximum atomic E-state index is 13.2. The zero-order valence-electron chi connectivity index (χ0n) is 17.8. The molecule has 1 unspecified atom stereocenters. The molecule has 0 aromatic heterocycles. The van der Waals surface area contributed by atoms with Gasteiger partial charge in [-0.3, -0.25) is 9.59 Å². The molecule has 1 amide bonds. The summed E-state index contributed by atoms with van der Waals surface area (Å²) in [5, 5.41) is 21.6. The number of phenols is 1. The van der Waals surface area contributed by atoms with Crippen molar-refractivity contribution in [2.24, 2.45) is 0 Å². The van der Waals surface area contributed by atoms with E-state index in [0.29, 0.717) is 23.5 Å². The molecule has 7 heteroatoms. The molecule has 1 atom stereocenters. The number of aliphatic hydroxyl groups excluding tert-OH is 1. The number of ether oxygens (including phenoxy) is 2. The highest BCUT2D eigenvalue weighted by Crippen LogP contribution is 2.45. The molecule has 5 rings (SSSR count). The van der Waals surface area contributed by atoms with Crippen molar-refractivity contribution in [2.45, 2.75) is 44.2 Å². The van der Waals surface area contributed by atoms with Gasteiger partial charge in [0.2, 0.25) is 0 Å². The predicted octanol–water partition coefficient (Wildman–Crippen LogP) is 3.70. The van der Waals surface area contributed by atoms with Crippen molar-refractivity contribution in [3.05, 3.63) is 58.7 Å². The Balaban J connectivity index is 1.66. The number of fused-ring (bicyclic) bond motifs is 1. The Hall–Kier alpha value is -3.48. The van der Waals surface area contributed by atoms with Gasteiger partial charge in [0.15, 0.2) is 11.5 Å². The van der Waals surface area contributed by atoms with Gasteiger partial charge in [0.25, 0.3) is 11.7 Å². The summed E-state index contributed by atoms with van der Waals surface area (Å²) in [6, 6.07) is 9.25. The third-order valence-corrected chi connectivity index (χ3v) is 6.68. The Morgan fingerprint density at radius 1 is 1.12 bits per heavy atom. The third kappa shape index (κ3) is 3.20. The molecule has 2 aromatic rings. The number of ketones is 1. The van der Waals surface area contributed by atoms with Crippen LogP contribution >= 0.6 is 0 Å². The maximum Gasteiger partial charge on any atom is 0.295 e. The summed E-state index contributed by atoms with van der Waals surface area (Å²) in [7, 11) is 1.46. The Morgan fingerprint density at radius 2 is 1.91 bits per heavy atom. The van der Waals surface area contributed by atoms with Crippen LogP contribution in [-0.4, -0.2) is 46.6 Å². The van der Waals surface area contributed by atoms with Gasteiger partial charge in [-0.05, 0) is 54.3 Å². The number of amides is 1. The standard InChI is InChI=1S/C25H25NO6/c1-31-20-9-6-15(13-18(20)27)22-21(24(29)25(30)26(22)17-4-2-3-5-17)23(28)16-7-8-19-14(12-16)10-11-32-19/h6-9,12-13,17,22,27-28H,2-5,10-11H2,1H3/b23-21-. The number of rotatable bonds is 4. The smallest absolute Gasteiger partial charge is 0.295 e. The van der Waals surface area contributed by atoms with Crippen LogP contribution in [0.2, 0.25) is 0 Å². The van der Waals surface area contributed by atoms with Crippen molar-refractivity contribution >= 4 is 17.4 Å². The second kappa shape index (κ2) is 7.89. The molecule has 32 heavy (non-hydrogen) atoms. The Morgan fingerprint density at radius 3 is 2.62 bits per heavy atom. The van der Waals surface area contributed by atoms with Crippen LogP contribution in [0.25, 0.3) is 5.76 Å². The summed E-state index contributed by atoms with van der Waals surface area (Å²) in [6.45, 7) is 0.580. The number of aromatic hydroxyl groups is 1. The second-order valence-corrected chi connectivity index (χ2v) is 8.50. The average Bonchev–Trinajstić information content (AvgIpc) is 3.53. The van der Waals surface area contributed by atoms with Gasteiger partial charge >= 0.3 is 0 Å². The molecule has 1 saturated heterocycles. The molecule has 7 nitrogen and oxygen atoms in total. The Kier molecular flexibility index (Phi) is 5.04. The first-order chi connectivity index (χ1) is 15.5. The number of Topliss-reactive ketones (excluding diaryl/α,β-unsaturated/α-hetero) is 1. The second-order valence-electron chi connectivity index (χ2n) is 8.50. The first-order valence-corrected chi connectivity index (χ1v) is 10.9. The summed E-state index contributed by atoms with van der Waals surface area (Å²) in [6.07, 6.45) is 4.31. The van der Waals surface area contributed by atoms with Crippen molar-refractivity contribution in [3.63, 3.8) is 0 Å². The fraction of sp³-hybridized carbons (Fsp3) is 0.360. The van der Waals surface area contributed by atoms with E-state index >= 15 is 0 Å². The number of carbonyl (C=O) groups is 2. The van der Waals surface area contributed by atoms with Crippen LogP contribution in [-0.2, 0) is 16.0 Å². The number of likely N-dealkylation sites (tertiary alicyclic amines) is 1. The molecule has 1 aliphatic carbocycles. The van der Waals surface area contributed by atoms with E-state index in [-0.39, 0.29) is 23.1 Å². The molecule has 0 spiro atoms. The lowest BCUT2D eigenvalue weighted by atomic mass is 9.93. The number of hydrogen-bond donors (Lipinski definition) is 2. The largest absolute Gasteiger partial charge is 0.507 e. The van der Waals surface area contributed by atoms with E-state index in [0.717, 1.165) is 43.4 Å². The lowest BCUT2D eigenvalue weighted by Crippen LogP contribution is -2.37. The quantitative estimate of drug-likeness (QED) is 0.432. The molecule has 0 bridgehead atoms. The molecule has 1 saturated carbocycles. The van der Waals surface area contributed by atoms with Crippen molar-refractivity contribution in [2.75, 3.05) is 13.7 Å². The molecule has 2 heterocycles. The monoisotopic (exact) mass is 435 g/mol. The van der Waals surface area contributed by atoms with Gasteiger partial charge in [-0.15, -0.1) is 0 Å². The number of methoxy groups -OCH3 is 1. The Labute approximate surface area is 185 Å². The molecule has 3 aliphatic rings. The number of nitrogens with zero attached hydrogens (tertiary/aromatic N) is 1. The fourth-order valence-electron chi connectivity index (χ4n) is 5.10. The average molecular weight is 435 g/mol. The van der Waals surface area contributed by atoms with Crippen molar-refractivity contribution in [3.8, 4) is 17.2 Å². The van der Waals surface area contributed by atoms with Crippen molar-refractivity contribution in [1.82, 2.24) is 4.90 Å².